The van der Waals surface area contributed by atoms with E-state index in [1.165, 1.54) is 0 Å². The van der Waals surface area contributed by atoms with E-state index in [4.69, 9.17) is 0 Å². The van der Waals surface area contributed by atoms with Gasteiger partial charge >= 0.3 is 0 Å². The van der Waals surface area contributed by atoms with Gasteiger partial charge in [-0.25, -0.2) is 0 Å². The molecule has 0 saturated heterocycles. The first kappa shape index (κ1) is 89.7. The van der Waals surface area contributed by atoms with Gasteiger partial charge in [-0.3, -0.25) is 0 Å². The summed E-state index contributed by atoms with van der Waals surface area (Å²) in [5.74, 6) is 0. The molecule has 0 bridgehead atoms. The third-order valence-corrected chi connectivity index (χ3v) is 0. The van der Waals surface area contributed by atoms with Crippen molar-refractivity contribution in [3.63, 3.8) is 0 Å². The SMILES string of the molecule is Cl.Cl.Cl.P.P.P. The first-order valence-corrected chi connectivity index (χ1v) is 0. The molecule has 0 aliphatic heterocycles. The van der Waals surface area contributed by atoms with Crippen LogP contribution < -0.4 is 0 Å². The van der Waals surface area contributed by atoms with Crippen LogP contribution in [0, 0.1) is 0 Å². The fourth-order valence-corrected chi connectivity index (χ4v) is 0. The zero-order valence-corrected chi connectivity index (χ0v) is 10.0. The van der Waals surface area contributed by atoms with Crippen molar-refractivity contribution in [2.75, 3.05) is 0 Å². The van der Waals surface area contributed by atoms with Gasteiger partial charge in [0.1, 0.15) is 0 Å². The van der Waals surface area contributed by atoms with Crippen molar-refractivity contribution in [2.45, 2.75) is 0 Å². The van der Waals surface area contributed by atoms with Crippen LogP contribution in [0.4, 0.5) is 0 Å². The summed E-state index contributed by atoms with van der Waals surface area (Å²) in [4.78, 5) is 0. The van der Waals surface area contributed by atoms with Gasteiger partial charge in [0.15, 0.2) is 0 Å². The Hall–Kier alpha value is 2.16. The Morgan fingerprint density at radius 3 is 0.333 bits per heavy atom. The van der Waals surface area contributed by atoms with Gasteiger partial charge in [-0.15, -0.1) is 37.2 Å². The molecule has 0 aromatic carbocycles. The second-order valence-corrected chi connectivity index (χ2v) is 0. The topological polar surface area (TPSA) is 0 Å². The van der Waals surface area contributed by atoms with Crippen molar-refractivity contribution in [3.05, 3.63) is 0 Å². The molecule has 0 aliphatic carbocycles. The van der Waals surface area contributed by atoms with E-state index in [2.05, 4.69) is 0 Å². The monoisotopic (exact) mass is 210 g/mol. The highest BCUT2D eigenvalue weighted by Gasteiger charge is -0.143. The fourth-order valence-electron chi connectivity index (χ4n) is 0. The van der Waals surface area contributed by atoms with Gasteiger partial charge in [-0.1, -0.05) is 0 Å². The van der Waals surface area contributed by atoms with Gasteiger partial charge in [-0.2, -0.15) is 29.7 Å². The summed E-state index contributed by atoms with van der Waals surface area (Å²) in [6, 6.07) is 0. The van der Waals surface area contributed by atoms with E-state index in [0.717, 1.165) is 0 Å². The Kier molecular flexibility index (Phi) is 870. The van der Waals surface area contributed by atoms with E-state index >= 15 is 0 Å². The maximum Gasteiger partial charge on any atom is -0.147 e. The first-order valence-electron chi connectivity index (χ1n) is 0. The molecule has 0 N–H and O–H groups in total. The Labute approximate surface area is 67.1 Å². The third kappa shape index (κ3) is 35.2. The molecule has 0 rings (SSSR count). The van der Waals surface area contributed by atoms with Gasteiger partial charge in [0, 0.05) is 0 Å². The summed E-state index contributed by atoms with van der Waals surface area (Å²) < 4.78 is 0. The van der Waals surface area contributed by atoms with Crippen LogP contribution >= 0.6 is 66.9 Å². The summed E-state index contributed by atoms with van der Waals surface area (Å²) >= 11 is 0. The van der Waals surface area contributed by atoms with Gasteiger partial charge in [0.2, 0.25) is 0 Å². The number of rotatable bonds is 0. The number of hydrogen-bond donors (Lipinski definition) is 0. The molecule has 6 heteroatoms. The quantitative estimate of drug-likeness (QED) is 0.532. The standard InChI is InChI=1S/3ClH.3H3P/h3*1H;3*1H3. The lowest BCUT2D eigenvalue weighted by Crippen LogP contribution is 0.689. The molecular formula is H12Cl3P3. The molecule has 3 unspecified atom stereocenters. The van der Waals surface area contributed by atoms with Crippen LogP contribution in [0.25, 0.3) is 0 Å². The predicted molar refractivity (Wildman–Crippen MR) is 55.1 cm³/mol. The van der Waals surface area contributed by atoms with Gasteiger partial charge in [-0.05, 0) is 0 Å². The van der Waals surface area contributed by atoms with Crippen LogP contribution in [0.3, 0.4) is 0 Å². The van der Waals surface area contributed by atoms with Crippen molar-refractivity contribution in [1.29, 1.82) is 0 Å². The average molecular weight is 211 g/mol. The highest BCUT2D eigenvalue weighted by atomic mass is 35.5. The van der Waals surface area contributed by atoms with Crippen LogP contribution in [-0.2, 0) is 0 Å². The Morgan fingerprint density at radius 1 is 0.333 bits per heavy atom. The lowest BCUT2D eigenvalue weighted by Gasteiger charge is -0.154. The smallest absolute Gasteiger partial charge is 0.147 e. The van der Waals surface area contributed by atoms with Crippen LogP contribution in [0.1, 0.15) is 0 Å². The zero-order valence-electron chi connectivity index (χ0n) is 3.35. The molecule has 0 fully saturated rings. The minimum atomic E-state index is 0. The second kappa shape index (κ2) is 58.2. The van der Waals surface area contributed by atoms with Crippen LogP contribution in [0.2, 0.25) is 0 Å². The van der Waals surface area contributed by atoms with E-state index in [1.54, 1.807) is 0 Å². The molecule has 3 atom stereocenters. The largest absolute Gasteiger partial charge is 0.153 e. The lowest BCUT2D eigenvalue weighted by atomic mass is 31.0. The second-order valence-electron chi connectivity index (χ2n) is 0. The molecule has 0 heterocycles. The summed E-state index contributed by atoms with van der Waals surface area (Å²) in [6.07, 6.45) is 0. The number of halogens is 3. The van der Waals surface area contributed by atoms with Crippen molar-refractivity contribution >= 4 is 66.9 Å². The molecule has 0 amide bonds. The summed E-state index contributed by atoms with van der Waals surface area (Å²) in [5.41, 5.74) is 0. The van der Waals surface area contributed by atoms with Crippen molar-refractivity contribution in [3.8, 4) is 0 Å². The fraction of sp³-hybridized carbons (Fsp3) is 0. The van der Waals surface area contributed by atoms with Crippen molar-refractivity contribution < 1.29 is 0 Å². The highest BCUT2D eigenvalue weighted by molar-refractivity contribution is 6.92. The van der Waals surface area contributed by atoms with Crippen molar-refractivity contribution in [2.24, 2.45) is 0 Å². The van der Waals surface area contributed by atoms with E-state index < -0.39 is 0 Å². The predicted octanol–water partition coefficient (Wildman–Crippen LogP) is 1.44. The normalized spacial score (nSPS) is 0. The van der Waals surface area contributed by atoms with Crippen LogP contribution in [0.15, 0.2) is 0 Å². The van der Waals surface area contributed by atoms with E-state index in [0.29, 0.717) is 0 Å². The van der Waals surface area contributed by atoms with Gasteiger partial charge in [0.05, 0.1) is 0 Å². The molecule has 0 spiro atoms. The van der Waals surface area contributed by atoms with E-state index in [9.17, 15) is 0 Å². The summed E-state index contributed by atoms with van der Waals surface area (Å²) in [5, 5.41) is 0. The lowest BCUT2D eigenvalue weighted by molar-refractivity contribution is 5.85. The van der Waals surface area contributed by atoms with Gasteiger partial charge < -0.3 is 0 Å². The minimum absolute atomic E-state index is 0. The Balaban J connectivity index is 0. The summed E-state index contributed by atoms with van der Waals surface area (Å²) in [7, 11) is 0. The molecule has 0 saturated carbocycles. The highest BCUT2D eigenvalue weighted by Crippen LogP contribution is 0.863. The zero-order chi connectivity index (χ0) is 0. The molecular weight excluding hydrogens is 199 g/mol. The van der Waals surface area contributed by atoms with E-state index in [1.807, 2.05) is 0 Å². The third-order valence-electron chi connectivity index (χ3n) is 0. The van der Waals surface area contributed by atoms with E-state index in [-0.39, 0.29) is 66.9 Å². The minimum Gasteiger partial charge on any atom is -0.153 e. The maximum atomic E-state index is 0. The number of hydrogen-bond acceptors (Lipinski definition) is 0. The molecule has 0 radical (unpaired) electrons. The molecule has 0 nitrogen and oxygen atoms in total. The molecule has 48 valence electrons. The maximum absolute atomic E-state index is 0. The average Bonchev–Trinajstić information content (AvgIpc) is 0. The molecule has 6 heavy (non-hydrogen) atoms. The molecule has 0 aromatic rings. The van der Waals surface area contributed by atoms with Crippen molar-refractivity contribution in [1.82, 2.24) is 0 Å². The van der Waals surface area contributed by atoms with Gasteiger partial charge in [0.25, 0.3) is 0 Å². The molecule has 0 aliphatic rings. The Morgan fingerprint density at radius 2 is 0.333 bits per heavy atom. The van der Waals surface area contributed by atoms with Crippen LogP contribution in [0.5, 0.6) is 0 Å². The Bertz CT molecular complexity index is 6.00. The first-order chi connectivity index (χ1) is 0. The molecule has 0 aromatic heterocycles. The summed E-state index contributed by atoms with van der Waals surface area (Å²) in [6.45, 7) is 0. The van der Waals surface area contributed by atoms with Crippen LogP contribution in [-0.4, -0.2) is 0 Å².